The van der Waals surface area contributed by atoms with Gasteiger partial charge in [0.05, 0.1) is 11.4 Å². The summed E-state index contributed by atoms with van der Waals surface area (Å²) in [5, 5.41) is 11.6. The number of aromatic nitrogens is 5. The molecular formula is C30H35N9O2. The lowest BCUT2D eigenvalue weighted by Crippen LogP contribution is -2.37. The summed E-state index contributed by atoms with van der Waals surface area (Å²) in [7, 11) is 3.93. The normalized spacial score (nSPS) is 17.3. The van der Waals surface area contributed by atoms with E-state index in [2.05, 4.69) is 25.6 Å². The van der Waals surface area contributed by atoms with Gasteiger partial charge < -0.3 is 21.3 Å². The molecule has 1 fully saturated rings. The maximum atomic E-state index is 12.8. The zero-order valence-electron chi connectivity index (χ0n) is 23.5. The maximum Gasteiger partial charge on any atom is 0.256 e. The van der Waals surface area contributed by atoms with E-state index in [4.69, 9.17) is 10.8 Å². The molecular weight excluding hydrogens is 518 g/mol. The molecule has 1 aromatic carbocycles. The number of likely N-dealkylation sites (N-methyl/N-ethyl adjacent to an activating group) is 1. The summed E-state index contributed by atoms with van der Waals surface area (Å²) < 4.78 is 1.95. The number of amides is 2. The lowest BCUT2D eigenvalue weighted by molar-refractivity contribution is -0.117. The van der Waals surface area contributed by atoms with Gasteiger partial charge in [-0.25, -0.2) is 19.6 Å². The van der Waals surface area contributed by atoms with Gasteiger partial charge in [0.2, 0.25) is 5.91 Å². The van der Waals surface area contributed by atoms with Gasteiger partial charge >= 0.3 is 0 Å². The van der Waals surface area contributed by atoms with Crippen LogP contribution in [0.4, 0.5) is 11.6 Å². The minimum Gasteiger partial charge on any atom is -0.383 e. The number of rotatable bonds is 8. The molecule has 1 saturated carbocycles. The largest absolute Gasteiger partial charge is 0.383 e. The summed E-state index contributed by atoms with van der Waals surface area (Å²) in [6.07, 6.45) is 9.96. The summed E-state index contributed by atoms with van der Waals surface area (Å²) in [6.45, 7) is 2.67. The lowest BCUT2D eigenvalue weighted by atomic mass is 9.91. The van der Waals surface area contributed by atoms with Crippen LogP contribution in [0.2, 0.25) is 0 Å². The first kappa shape index (κ1) is 27.9. The SMILES string of the molecule is Cc1ccnc(NC(=O)c2ccc(-c3nn(C4CCC(NC(=O)/C=C/CN(C)C)CC4)c4ncnc(N)c34)cc2)c1. The van der Waals surface area contributed by atoms with Crippen molar-refractivity contribution in [1.29, 1.82) is 0 Å². The Bertz CT molecular complexity index is 1570. The molecule has 3 heterocycles. The molecule has 4 N–H and O–H groups in total. The second-order valence-electron chi connectivity index (χ2n) is 10.7. The highest BCUT2D eigenvalue weighted by Crippen LogP contribution is 2.36. The molecule has 1 aliphatic carbocycles. The molecule has 0 atom stereocenters. The molecule has 11 nitrogen and oxygen atoms in total. The average Bonchev–Trinajstić information content (AvgIpc) is 3.34. The van der Waals surface area contributed by atoms with E-state index in [1.165, 1.54) is 6.33 Å². The Morgan fingerprint density at radius 2 is 1.83 bits per heavy atom. The van der Waals surface area contributed by atoms with Gasteiger partial charge in [-0.1, -0.05) is 18.2 Å². The Morgan fingerprint density at radius 1 is 1.07 bits per heavy atom. The van der Waals surface area contributed by atoms with Gasteiger partial charge in [0.25, 0.3) is 5.91 Å². The lowest BCUT2D eigenvalue weighted by Gasteiger charge is -2.29. The minimum absolute atomic E-state index is 0.0603. The van der Waals surface area contributed by atoms with Crippen molar-refractivity contribution in [2.24, 2.45) is 0 Å². The number of hydrogen-bond donors (Lipinski definition) is 3. The molecule has 0 bridgehead atoms. The fourth-order valence-corrected chi connectivity index (χ4v) is 5.11. The van der Waals surface area contributed by atoms with Crippen molar-refractivity contribution in [2.75, 3.05) is 31.7 Å². The van der Waals surface area contributed by atoms with Crippen molar-refractivity contribution in [3.05, 3.63) is 72.2 Å². The molecule has 0 unspecified atom stereocenters. The average molecular weight is 554 g/mol. The zero-order chi connectivity index (χ0) is 28.9. The molecule has 41 heavy (non-hydrogen) atoms. The first-order chi connectivity index (χ1) is 19.8. The number of fused-ring (bicyclic) bond motifs is 1. The Balaban J connectivity index is 1.31. The van der Waals surface area contributed by atoms with Gasteiger partial charge in [-0.3, -0.25) is 9.59 Å². The van der Waals surface area contributed by atoms with Crippen LogP contribution in [0.5, 0.6) is 0 Å². The predicted octanol–water partition coefficient (Wildman–Crippen LogP) is 3.75. The molecule has 0 saturated heterocycles. The second-order valence-corrected chi connectivity index (χ2v) is 10.7. The fourth-order valence-electron chi connectivity index (χ4n) is 5.11. The highest BCUT2D eigenvalue weighted by Gasteiger charge is 2.27. The Labute approximate surface area is 238 Å². The van der Waals surface area contributed by atoms with E-state index in [1.807, 2.05) is 60.9 Å². The topological polar surface area (TPSA) is 144 Å². The van der Waals surface area contributed by atoms with Crippen LogP contribution in [0.3, 0.4) is 0 Å². The molecule has 212 valence electrons. The van der Waals surface area contributed by atoms with E-state index < -0.39 is 0 Å². The van der Waals surface area contributed by atoms with E-state index in [0.717, 1.165) is 43.4 Å². The highest BCUT2D eigenvalue weighted by molar-refractivity contribution is 6.04. The monoisotopic (exact) mass is 553 g/mol. The molecule has 4 aromatic rings. The van der Waals surface area contributed by atoms with Crippen LogP contribution in [-0.2, 0) is 4.79 Å². The van der Waals surface area contributed by atoms with E-state index in [1.54, 1.807) is 24.4 Å². The van der Waals surface area contributed by atoms with Crippen molar-refractivity contribution >= 4 is 34.5 Å². The van der Waals surface area contributed by atoms with Crippen LogP contribution < -0.4 is 16.4 Å². The fraction of sp³-hybridized carbons (Fsp3) is 0.333. The van der Waals surface area contributed by atoms with Gasteiger partial charge in [0.1, 0.15) is 23.7 Å². The molecule has 11 heteroatoms. The van der Waals surface area contributed by atoms with E-state index >= 15 is 0 Å². The number of carbonyl (C=O) groups is 2. The van der Waals surface area contributed by atoms with Gasteiger partial charge in [0, 0.05) is 36.0 Å². The number of benzene rings is 1. The predicted molar refractivity (Wildman–Crippen MR) is 159 cm³/mol. The number of nitrogens with zero attached hydrogens (tertiary/aromatic N) is 6. The first-order valence-electron chi connectivity index (χ1n) is 13.7. The highest BCUT2D eigenvalue weighted by atomic mass is 16.2. The molecule has 5 rings (SSSR count). The van der Waals surface area contributed by atoms with Crippen LogP contribution in [0.1, 0.15) is 47.6 Å². The number of pyridine rings is 1. The standard InChI is InChI=1S/C30H35N9O2/c1-19-14-15-32-24(17-19)36-30(41)21-8-6-20(7-9-21)27-26-28(31)33-18-34-29(26)39(37-27)23-12-10-22(11-13-23)35-25(40)5-4-16-38(2)3/h4-9,14-15,17-18,22-23H,10-13,16H2,1-3H3,(H,35,40)(H2,31,33,34)(H,32,36,41)/b5-4+. The Hall–Kier alpha value is -4.64. The Kier molecular flexibility index (Phi) is 8.34. The number of carbonyl (C=O) groups excluding carboxylic acids is 2. The summed E-state index contributed by atoms with van der Waals surface area (Å²) in [5.41, 5.74) is 9.99. The number of nitrogens with one attached hydrogen (secondary N) is 2. The quantitative estimate of drug-likeness (QED) is 0.280. The summed E-state index contributed by atoms with van der Waals surface area (Å²) >= 11 is 0. The van der Waals surface area contributed by atoms with Crippen LogP contribution in [0.25, 0.3) is 22.3 Å². The first-order valence-corrected chi connectivity index (χ1v) is 13.7. The van der Waals surface area contributed by atoms with Crippen molar-refractivity contribution < 1.29 is 9.59 Å². The number of anilines is 2. The third-order valence-electron chi connectivity index (χ3n) is 7.22. The molecule has 1 aliphatic rings. The van der Waals surface area contributed by atoms with Crippen LogP contribution in [0, 0.1) is 6.92 Å². The minimum atomic E-state index is -0.245. The number of aryl methyl sites for hydroxylation is 1. The molecule has 2 amide bonds. The molecule has 0 aliphatic heterocycles. The second kappa shape index (κ2) is 12.3. The van der Waals surface area contributed by atoms with E-state index in [-0.39, 0.29) is 23.9 Å². The maximum absolute atomic E-state index is 12.8. The summed E-state index contributed by atoms with van der Waals surface area (Å²) in [4.78, 5) is 40.0. The van der Waals surface area contributed by atoms with Crippen LogP contribution in [0.15, 0.2) is 61.1 Å². The van der Waals surface area contributed by atoms with Crippen LogP contribution in [-0.4, -0.2) is 68.1 Å². The molecule has 0 spiro atoms. The number of nitrogen functional groups attached to an aromatic ring is 1. The Morgan fingerprint density at radius 3 is 2.54 bits per heavy atom. The third kappa shape index (κ3) is 6.58. The van der Waals surface area contributed by atoms with Gasteiger partial charge in [0.15, 0.2) is 5.65 Å². The summed E-state index contributed by atoms with van der Waals surface area (Å²) in [5.74, 6) is 0.553. The number of nitrogens with two attached hydrogens (primary N) is 1. The zero-order valence-corrected chi connectivity index (χ0v) is 23.5. The van der Waals surface area contributed by atoms with Crippen molar-refractivity contribution in [2.45, 2.75) is 44.7 Å². The number of hydrogen-bond acceptors (Lipinski definition) is 8. The molecule has 3 aromatic heterocycles. The molecule has 0 radical (unpaired) electrons. The van der Waals surface area contributed by atoms with Gasteiger partial charge in [-0.2, -0.15) is 5.10 Å². The smallest absolute Gasteiger partial charge is 0.256 e. The third-order valence-corrected chi connectivity index (χ3v) is 7.22. The van der Waals surface area contributed by atoms with Crippen LogP contribution >= 0.6 is 0 Å². The van der Waals surface area contributed by atoms with E-state index in [9.17, 15) is 9.59 Å². The van der Waals surface area contributed by atoms with Crippen molar-refractivity contribution in [3.8, 4) is 11.3 Å². The summed E-state index contributed by atoms with van der Waals surface area (Å²) in [6, 6.07) is 11.2. The van der Waals surface area contributed by atoms with E-state index in [0.29, 0.717) is 33.9 Å². The van der Waals surface area contributed by atoms with Crippen molar-refractivity contribution in [1.82, 2.24) is 34.9 Å². The van der Waals surface area contributed by atoms with Gasteiger partial charge in [-0.15, -0.1) is 0 Å². The van der Waals surface area contributed by atoms with Crippen molar-refractivity contribution in [3.63, 3.8) is 0 Å². The van der Waals surface area contributed by atoms with Gasteiger partial charge in [-0.05, 0) is 76.5 Å².